The van der Waals surface area contributed by atoms with Gasteiger partial charge in [0, 0.05) is 17.3 Å². The summed E-state index contributed by atoms with van der Waals surface area (Å²) in [6, 6.07) is 13.9. The van der Waals surface area contributed by atoms with Gasteiger partial charge in [0.25, 0.3) is 0 Å². The number of hydrogen-bond donors (Lipinski definition) is 2. The molecule has 0 fully saturated rings. The molecule has 2 aromatic rings. The van der Waals surface area contributed by atoms with E-state index in [1.165, 1.54) is 18.2 Å². The molecule has 0 atom stereocenters. The standard InChI is InChI=1S/C20H24N2O3S/c1-15-8-5-6-9-16(15)12-13-19(23)21-17-10-7-11-18(14-17)26(24,25)22-20(2,3)4/h5-14,22H,1-4H3,(H,21,23)/b13-12+. The first kappa shape index (κ1) is 19.9. The third kappa shape index (κ3) is 5.82. The van der Waals surface area contributed by atoms with E-state index in [2.05, 4.69) is 10.0 Å². The van der Waals surface area contributed by atoms with Crippen LogP contribution in [0.4, 0.5) is 5.69 Å². The number of hydrogen-bond acceptors (Lipinski definition) is 3. The molecule has 1 amide bonds. The van der Waals surface area contributed by atoms with Gasteiger partial charge in [0.15, 0.2) is 0 Å². The van der Waals surface area contributed by atoms with Gasteiger partial charge in [0.05, 0.1) is 4.90 Å². The summed E-state index contributed by atoms with van der Waals surface area (Å²) in [6.07, 6.45) is 3.16. The number of nitrogens with one attached hydrogen (secondary N) is 2. The fourth-order valence-electron chi connectivity index (χ4n) is 2.33. The van der Waals surface area contributed by atoms with E-state index >= 15 is 0 Å². The maximum absolute atomic E-state index is 12.4. The van der Waals surface area contributed by atoms with Crippen molar-refractivity contribution in [3.05, 3.63) is 65.7 Å². The van der Waals surface area contributed by atoms with E-state index in [4.69, 9.17) is 0 Å². The fraction of sp³-hybridized carbons (Fsp3) is 0.250. The van der Waals surface area contributed by atoms with Crippen LogP contribution in [-0.4, -0.2) is 19.9 Å². The maximum atomic E-state index is 12.4. The largest absolute Gasteiger partial charge is 0.322 e. The van der Waals surface area contributed by atoms with Crippen molar-refractivity contribution in [2.45, 2.75) is 38.1 Å². The highest BCUT2D eigenvalue weighted by Crippen LogP contribution is 2.18. The molecule has 0 aliphatic rings. The van der Waals surface area contributed by atoms with E-state index in [1.54, 1.807) is 39.0 Å². The summed E-state index contributed by atoms with van der Waals surface area (Å²) in [5, 5.41) is 2.69. The summed E-state index contributed by atoms with van der Waals surface area (Å²) in [6.45, 7) is 7.28. The lowest BCUT2D eigenvalue weighted by atomic mass is 10.1. The number of aryl methyl sites for hydroxylation is 1. The van der Waals surface area contributed by atoms with Gasteiger partial charge in [0.2, 0.25) is 15.9 Å². The molecule has 6 heteroatoms. The smallest absolute Gasteiger partial charge is 0.248 e. The van der Waals surface area contributed by atoms with Crippen molar-refractivity contribution in [2.75, 3.05) is 5.32 Å². The van der Waals surface area contributed by atoms with E-state index in [0.29, 0.717) is 5.69 Å². The summed E-state index contributed by atoms with van der Waals surface area (Å²) in [4.78, 5) is 12.2. The van der Waals surface area contributed by atoms with E-state index in [9.17, 15) is 13.2 Å². The molecule has 0 saturated heterocycles. The summed E-state index contributed by atoms with van der Waals surface area (Å²) in [5.41, 5.74) is 1.85. The van der Waals surface area contributed by atoms with Crippen molar-refractivity contribution in [3.8, 4) is 0 Å². The minimum Gasteiger partial charge on any atom is -0.322 e. The average molecular weight is 372 g/mol. The molecule has 0 bridgehead atoms. The van der Waals surface area contributed by atoms with Crippen molar-refractivity contribution >= 4 is 27.7 Å². The maximum Gasteiger partial charge on any atom is 0.248 e. The molecule has 2 aromatic carbocycles. The second-order valence-electron chi connectivity index (χ2n) is 7.06. The molecular weight excluding hydrogens is 348 g/mol. The Labute approximate surface area is 155 Å². The van der Waals surface area contributed by atoms with Crippen LogP contribution in [0.2, 0.25) is 0 Å². The number of sulfonamides is 1. The van der Waals surface area contributed by atoms with Crippen LogP contribution >= 0.6 is 0 Å². The molecule has 0 unspecified atom stereocenters. The predicted octanol–water partition coefficient (Wildman–Crippen LogP) is 3.72. The lowest BCUT2D eigenvalue weighted by molar-refractivity contribution is -0.111. The van der Waals surface area contributed by atoms with Gasteiger partial charge in [-0.15, -0.1) is 0 Å². The van der Waals surface area contributed by atoms with Crippen LogP contribution in [0.15, 0.2) is 59.5 Å². The minimum absolute atomic E-state index is 0.105. The van der Waals surface area contributed by atoms with Crippen LogP contribution in [0.1, 0.15) is 31.9 Å². The molecule has 2 N–H and O–H groups in total. The molecule has 5 nitrogen and oxygen atoms in total. The molecule has 26 heavy (non-hydrogen) atoms. The van der Waals surface area contributed by atoms with Gasteiger partial charge in [0.1, 0.15) is 0 Å². The van der Waals surface area contributed by atoms with Gasteiger partial charge in [-0.3, -0.25) is 4.79 Å². The number of carbonyl (C=O) groups excluding carboxylic acids is 1. The van der Waals surface area contributed by atoms with Crippen LogP contribution in [0.25, 0.3) is 6.08 Å². The summed E-state index contributed by atoms with van der Waals surface area (Å²) < 4.78 is 27.4. The topological polar surface area (TPSA) is 75.3 Å². The average Bonchev–Trinajstić information content (AvgIpc) is 2.52. The van der Waals surface area contributed by atoms with Gasteiger partial charge in [-0.2, -0.15) is 0 Å². The minimum atomic E-state index is -3.66. The molecule has 0 heterocycles. The third-order valence-electron chi connectivity index (χ3n) is 3.46. The van der Waals surface area contributed by atoms with Crippen molar-refractivity contribution < 1.29 is 13.2 Å². The monoisotopic (exact) mass is 372 g/mol. The van der Waals surface area contributed by atoms with Crippen LogP contribution in [0, 0.1) is 6.92 Å². The molecule has 0 spiro atoms. The van der Waals surface area contributed by atoms with Gasteiger partial charge < -0.3 is 5.32 Å². The van der Waals surface area contributed by atoms with Crippen LogP contribution in [0.3, 0.4) is 0 Å². The van der Waals surface area contributed by atoms with Crippen molar-refractivity contribution in [1.82, 2.24) is 4.72 Å². The first-order chi connectivity index (χ1) is 12.1. The van der Waals surface area contributed by atoms with Crippen LogP contribution in [-0.2, 0) is 14.8 Å². The van der Waals surface area contributed by atoms with E-state index < -0.39 is 15.6 Å². The second kappa shape index (κ2) is 7.85. The Morgan fingerprint density at radius 1 is 1.04 bits per heavy atom. The Kier molecular flexibility index (Phi) is 6.00. The van der Waals surface area contributed by atoms with E-state index in [1.807, 2.05) is 31.2 Å². The summed E-state index contributed by atoms with van der Waals surface area (Å²) in [7, 11) is -3.66. The summed E-state index contributed by atoms with van der Waals surface area (Å²) in [5.74, 6) is -0.327. The third-order valence-corrected chi connectivity index (χ3v) is 5.21. The zero-order valence-corrected chi connectivity index (χ0v) is 16.2. The quantitative estimate of drug-likeness (QED) is 0.786. The van der Waals surface area contributed by atoms with Gasteiger partial charge in [-0.05, 0) is 63.1 Å². The zero-order valence-electron chi connectivity index (χ0n) is 15.4. The second-order valence-corrected chi connectivity index (χ2v) is 8.74. The number of carbonyl (C=O) groups is 1. The van der Waals surface area contributed by atoms with Crippen LogP contribution in [0.5, 0.6) is 0 Å². The highest BCUT2D eigenvalue weighted by molar-refractivity contribution is 7.89. The zero-order chi connectivity index (χ0) is 19.4. The van der Waals surface area contributed by atoms with E-state index in [0.717, 1.165) is 11.1 Å². The first-order valence-electron chi connectivity index (χ1n) is 8.26. The molecule has 0 radical (unpaired) electrons. The Morgan fingerprint density at radius 3 is 2.38 bits per heavy atom. The lowest BCUT2D eigenvalue weighted by Gasteiger charge is -2.20. The Morgan fingerprint density at radius 2 is 1.73 bits per heavy atom. The number of rotatable bonds is 5. The molecule has 0 aromatic heterocycles. The summed E-state index contributed by atoms with van der Waals surface area (Å²) >= 11 is 0. The molecule has 138 valence electrons. The molecule has 2 rings (SSSR count). The molecular formula is C20H24N2O3S. The van der Waals surface area contributed by atoms with E-state index in [-0.39, 0.29) is 10.8 Å². The predicted molar refractivity (Wildman–Crippen MR) is 105 cm³/mol. The van der Waals surface area contributed by atoms with Gasteiger partial charge >= 0.3 is 0 Å². The Balaban J connectivity index is 2.13. The highest BCUT2D eigenvalue weighted by atomic mass is 32.2. The lowest BCUT2D eigenvalue weighted by Crippen LogP contribution is -2.40. The van der Waals surface area contributed by atoms with Gasteiger partial charge in [-0.25, -0.2) is 13.1 Å². The van der Waals surface area contributed by atoms with Crippen LogP contribution < -0.4 is 10.0 Å². The number of amides is 1. The SMILES string of the molecule is Cc1ccccc1/C=C/C(=O)Nc1cccc(S(=O)(=O)NC(C)(C)C)c1. The molecule has 0 aliphatic heterocycles. The van der Waals surface area contributed by atoms with Crippen molar-refractivity contribution in [2.24, 2.45) is 0 Å². The van der Waals surface area contributed by atoms with Gasteiger partial charge in [-0.1, -0.05) is 30.3 Å². The number of anilines is 1. The van der Waals surface area contributed by atoms with Crippen molar-refractivity contribution in [3.63, 3.8) is 0 Å². The Bertz CT molecular complexity index is 926. The molecule has 0 saturated carbocycles. The fourth-order valence-corrected chi connectivity index (χ4v) is 3.79. The normalized spacial score (nSPS) is 12.3. The molecule has 0 aliphatic carbocycles. The number of benzene rings is 2. The van der Waals surface area contributed by atoms with Crippen molar-refractivity contribution in [1.29, 1.82) is 0 Å². The highest BCUT2D eigenvalue weighted by Gasteiger charge is 2.22. The Hall–Kier alpha value is -2.44. The first-order valence-corrected chi connectivity index (χ1v) is 9.74.